The van der Waals surface area contributed by atoms with Gasteiger partial charge in [0.1, 0.15) is 0 Å². The van der Waals surface area contributed by atoms with Crippen LogP contribution in [0.4, 0.5) is 5.95 Å². The Labute approximate surface area is 141 Å². The van der Waals surface area contributed by atoms with E-state index in [4.69, 9.17) is 0 Å². The second-order valence-electron chi connectivity index (χ2n) is 5.59. The molecule has 0 saturated carbocycles. The van der Waals surface area contributed by atoms with Gasteiger partial charge in [0, 0.05) is 24.8 Å². The van der Waals surface area contributed by atoms with Gasteiger partial charge in [0.25, 0.3) is 5.70 Å². The van der Waals surface area contributed by atoms with E-state index in [2.05, 4.69) is 19.9 Å². The maximum Gasteiger partial charge on any atom is 0.270 e. The van der Waals surface area contributed by atoms with E-state index in [1.54, 1.807) is 23.6 Å². The average Bonchev–Trinajstić information content (AvgIpc) is 2.96. The van der Waals surface area contributed by atoms with E-state index in [1.807, 2.05) is 6.92 Å². The van der Waals surface area contributed by atoms with Crippen LogP contribution in [0.5, 0.6) is 0 Å². The van der Waals surface area contributed by atoms with Crippen molar-refractivity contribution >= 4 is 23.0 Å². The zero-order valence-electron chi connectivity index (χ0n) is 12.9. The molecule has 0 spiro atoms. The molecule has 120 valence electrons. The van der Waals surface area contributed by atoms with Gasteiger partial charge < -0.3 is 0 Å². The monoisotopic (exact) mass is 339 g/mol. The highest BCUT2D eigenvalue weighted by Gasteiger charge is 2.22. The average molecular weight is 339 g/mol. The first-order chi connectivity index (χ1) is 11.6. The van der Waals surface area contributed by atoms with Gasteiger partial charge in [-0.05, 0) is 25.3 Å². The van der Waals surface area contributed by atoms with Gasteiger partial charge in [-0.2, -0.15) is 0 Å². The van der Waals surface area contributed by atoms with Gasteiger partial charge in [-0.1, -0.05) is 6.08 Å². The van der Waals surface area contributed by atoms with Gasteiger partial charge >= 0.3 is 0 Å². The second-order valence-corrected chi connectivity index (χ2v) is 6.79. The fourth-order valence-electron chi connectivity index (χ4n) is 2.81. The molecule has 2 aromatic heterocycles. The SMILES string of the molecule is Cc1nc2c(s1)-c1nc(N=C3C=C([N+](=O)[O-])C=CC3)ncc1CC2. The molecule has 8 heteroatoms. The maximum absolute atomic E-state index is 10.9. The lowest BCUT2D eigenvalue weighted by Crippen LogP contribution is -2.07. The third-order valence-corrected chi connectivity index (χ3v) is 4.91. The summed E-state index contributed by atoms with van der Waals surface area (Å²) in [7, 11) is 0. The van der Waals surface area contributed by atoms with Gasteiger partial charge in [-0.3, -0.25) is 10.1 Å². The molecule has 2 aliphatic carbocycles. The number of fused-ring (bicyclic) bond motifs is 3. The smallest absolute Gasteiger partial charge is 0.258 e. The summed E-state index contributed by atoms with van der Waals surface area (Å²) in [5.74, 6) is 0.330. The molecular formula is C16H13N5O2S. The highest BCUT2D eigenvalue weighted by Crippen LogP contribution is 2.36. The standard InChI is InChI=1S/C16H13N5O2S/c1-9-18-13-6-5-10-8-17-16(20-14(10)15(13)24-9)19-11-3-2-4-12(7-11)21(22)23/h2,4,7-8H,3,5-6H2,1H3. The molecule has 0 aliphatic heterocycles. The van der Waals surface area contributed by atoms with Crippen LogP contribution in [-0.4, -0.2) is 25.6 Å². The predicted molar refractivity (Wildman–Crippen MR) is 91.2 cm³/mol. The normalized spacial score (nSPS) is 17.4. The van der Waals surface area contributed by atoms with Crippen molar-refractivity contribution in [1.82, 2.24) is 15.0 Å². The van der Waals surface area contributed by atoms with Crippen molar-refractivity contribution in [2.45, 2.75) is 26.2 Å². The maximum atomic E-state index is 10.9. The minimum Gasteiger partial charge on any atom is -0.258 e. The van der Waals surface area contributed by atoms with Crippen molar-refractivity contribution in [3.63, 3.8) is 0 Å². The Morgan fingerprint density at radius 1 is 1.33 bits per heavy atom. The molecule has 2 aromatic rings. The zero-order chi connectivity index (χ0) is 16.7. The quantitative estimate of drug-likeness (QED) is 0.618. The van der Waals surface area contributed by atoms with Crippen LogP contribution in [0.25, 0.3) is 10.6 Å². The van der Waals surface area contributed by atoms with Crippen LogP contribution < -0.4 is 0 Å². The fourth-order valence-corrected chi connectivity index (χ4v) is 3.80. The Balaban J connectivity index is 1.73. The van der Waals surface area contributed by atoms with Crippen molar-refractivity contribution < 1.29 is 4.92 Å². The molecule has 0 radical (unpaired) electrons. The van der Waals surface area contributed by atoms with Gasteiger partial charge in [0.15, 0.2) is 0 Å². The summed E-state index contributed by atoms with van der Waals surface area (Å²) in [5.41, 5.74) is 3.68. The highest BCUT2D eigenvalue weighted by molar-refractivity contribution is 7.15. The first kappa shape index (κ1) is 14.8. The molecule has 0 fully saturated rings. The number of thiazole rings is 1. The molecule has 0 aromatic carbocycles. The number of aliphatic imine (C=N–C) groups is 1. The van der Waals surface area contributed by atoms with Crippen LogP contribution in [0.1, 0.15) is 22.7 Å². The summed E-state index contributed by atoms with van der Waals surface area (Å²) in [6.07, 6.45) is 8.78. The minimum atomic E-state index is -0.425. The number of hydrogen-bond donors (Lipinski definition) is 0. The number of nitro groups is 1. The largest absolute Gasteiger partial charge is 0.270 e. The molecule has 24 heavy (non-hydrogen) atoms. The Morgan fingerprint density at radius 3 is 3.04 bits per heavy atom. The summed E-state index contributed by atoms with van der Waals surface area (Å²) >= 11 is 1.63. The molecule has 0 N–H and O–H groups in total. The Morgan fingerprint density at radius 2 is 2.21 bits per heavy atom. The van der Waals surface area contributed by atoms with Crippen molar-refractivity contribution in [2.24, 2.45) is 4.99 Å². The first-order valence-corrected chi connectivity index (χ1v) is 8.34. The van der Waals surface area contributed by atoms with Gasteiger partial charge in [-0.25, -0.2) is 19.9 Å². The topological polar surface area (TPSA) is 94.2 Å². The molecule has 7 nitrogen and oxygen atoms in total. The number of nitrogens with zero attached hydrogens (tertiary/aromatic N) is 5. The van der Waals surface area contributed by atoms with E-state index in [0.717, 1.165) is 39.7 Å². The lowest BCUT2D eigenvalue weighted by Gasteiger charge is -2.13. The Kier molecular flexibility index (Phi) is 3.53. The zero-order valence-corrected chi connectivity index (χ0v) is 13.7. The molecule has 2 heterocycles. The third-order valence-electron chi connectivity index (χ3n) is 3.89. The first-order valence-electron chi connectivity index (χ1n) is 7.53. The lowest BCUT2D eigenvalue weighted by molar-refractivity contribution is -0.418. The number of hydrogen-bond acceptors (Lipinski definition) is 7. The molecule has 0 unspecified atom stereocenters. The van der Waals surface area contributed by atoms with Crippen molar-refractivity contribution in [2.75, 3.05) is 0 Å². The Hall–Kier alpha value is -2.74. The molecule has 4 rings (SSSR count). The van der Waals surface area contributed by atoms with Crippen LogP contribution in [0, 0.1) is 17.0 Å². The van der Waals surface area contributed by atoms with Crippen LogP contribution in [0.3, 0.4) is 0 Å². The molecule has 0 amide bonds. The van der Waals surface area contributed by atoms with Gasteiger partial charge in [0.05, 0.1) is 31.9 Å². The summed E-state index contributed by atoms with van der Waals surface area (Å²) in [5, 5.41) is 11.9. The lowest BCUT2D eigenvalue weighted by atomic mass is 10.00. The second kappa shape index (κ2) is 5.72. The molecule has 2 aliphatic rings. The van der Waals surface area contributed by atoms with E-state index in [0.29, 0.717) is 18.1 Å². The van der Waals surface area contributed by atoms with E-state index < -0.39 is 4.92 Å². The van der Waals surface area contributed by atoms with Gasteiger partial charge in [-0.15, -0.1) is 11.3 Å². The van der Waals surface area contributed by atoms with Gasteiger partial charge in [0.2, 0.25) is 5.95 Å². The third kappa shape index (κ3) is 2.65. The van der Waals surface area contributed by atoms with Crippen LogP contribution in [0.15, 0.2) is 35.1 Å². The van der Waals surface area contributed by atoms with E-state index in [9.17, 15) is 10.1 Å². The van der Waals surface area contributed by atoms with Crippen molar-refractivity contribution in [3.8, 4) is 10.6 Å². The molecular weight excluding hydrogens is 326 g/mol. The minimum absolute atomic E-state index is 0.0262. The number of aromatic nitrogens is 3. The molecule has 0 atom stereocenters. The fraction of sp³-hybridized carbons (Fsp3) is 0.250. The summed E-state index contributed by atoms with van der Waals surface area (Å²) in [6.45, 7) is 1.99. The summed E-state index contributed by atoms with van der Waals surface area (Å²) in [6, 6.07) is 0. The van der Waals surface area contributed by atoms with E-state index in [-0.39, 0.29) is 5.70 Å². The van der Waals surface area contributed by atoms with Crippen LogP contribution >= 0.6 is 11.3 Å². The van der Waals surface area contributed by atoms with Crippen LogP contribution in [-0.2, 0) is 12.8 Å². The van der Waals surface area contributed by atoms with Crippen molar-refractivity contribution in [1.29, 1.82) is 0 Å². The van der Waals surface area contributed by atoms with E-state index >= 15 is 0 Å². The number of rotatable bonds is 2. The summed E-state index contributed by atoms with van der Waals surface area (Å²) < 4.78 is 0. The number of allylic oxidation sites excluding steroid dienone is 3. The number of aryl methyl sites for hydroxylation is 3. The Bertz CT molecular complexity index is 942. The molecule has 0 saturated heterocycles. The highest BCUT2D eigenvalue weighted by atomic mass is 32.1. The predicted octanol–water partition coefficient (Wildman–Crippen LogP) is 3.20. The summed E-state index contributed by atoms with van der Waals surface area (Å²) in [4.78, 5) is 29.4. The van der Waals surface area contributed by atoms with E-state index in [1.165, 1.54) is 12.2 Å². The van der Waals surface area contributed by atoms with Crippen LogP contribution in [0.2, 0.25) is 0 Å². The van der Waals surface area contributed by atoms with Crippen molar-refractivity contribution in [3.05, 3.63) is 56.5 Å². The molecule has 0 bridgehead atoms.